The standard InChI is InChI=1S/C16H11BrCl2O4/c1-2-22-14-4-3-9(6-12(14)17)16(21)23-15-10(8-20)5-11(18)7-13(15)19/h3-8H,2H2,1H3. The average Bonchev–Trinajstić information content (AvgIpc) is 2.51. The summed E-state index contributed by atoms with van der Waals surface area (Å²) in [4.78, 5) is 23.3. The molecule has 0 fully saturated rings. The first-order valence-corrected chi connectivity index (χ1v) is 8.10. The molecule has 120 valence electrons. The molecule has 0 radical (unpaired) electrons. The van der Waals surface area contributed by atoms with Crippen molar-refractivity contribution >= 4 is 51.4 Å². The molecule has 0 aliphatic rings. The number of halogens is 3. The number of rotatable bonds is 5. The highest BCUT2D eigenvalue weighted by atomic mass is 79.9. The molecule has 0 saturated carbocycles. The van der Waals surface area contributed by atoms with Crippen molar-refractivity contribution in [2.24, 2.45) is 0 Å². The smallest absolute Gasteiger partial charge is 0.343 e. The Morgan fingerprint density at radius 3 is 2.61 bits per heavy atom. The molecule has 0 bridgehead atoms. The average molecular weight is 418 g/mol. The van der Waals surface area contributed by atoms with E-state index in [1.54, 1.807) is 18.2 Å². The first-order valence-electron chi connectivity index (χ1n) is 6.55. The van der Waals surface area contributed by atoms with Gasteiger partial charge in [-0.1, -0.05) is 23.2 Å². The summed E-state index contributed by atoms with van der Waals surface area (Å²) in [6, 6.07) is 7.54. The van der Waals surface area contributed by atoms with Gasteiger partial charge in [0, 0.05) is 5.02 Å². The van der Waals surface area contributed by atoms with Crippen LogP contribution in [-0.2, 0) is 0 Å². The Balaban J connectivity index is 2.29. The Morgan fingerprint density at radius 1 is 1.26 bits per heavy atom. The van der Waals surface area contributed by atoms with Crippen molar-refractivity contribution in [3.8, 4) is 11.5 Å². The quantitative estimate of drug-likeness (QED) is 0.381. The Hall–Kier alpha value is -1.56. The highest BCUT2D eigenvalue weighted by Gasteiger charge is 2.17. The van der Waals surface area contributed by atoms with Crippen LogP contribution >= 0.6 is 39.1 Å². The van der Waals surface area contributed by atoms with E-state index in [1.165, 1.54) is 12.1 Å². The highest BCUT2D eigenvalue weighted by molar-refractivity contribution is 9.10. The lowest BCUT2D eigenvalue weighted by Gasteiger charge is -2.11. The van der Waals surface area contributed by atoms with Gasteiger partial charge in [0.15, 0.2) is 12.0 Å². The third-order valence-electron chi connectivity index (χ3n) is 2.83. The molecule has 0 atom stereocenters. The molecular formula is C16H11BrCl2O4. The number of aldehydes is 1. The SMILES string of the molecule is CCOc1ccc(C(=O)Oc2c(Cl)cc(Cl)cc2C=O)cc1Br. The molecule has 23 heavy (non-hydrogen) atoms. The molecule has 2 aromatic rings. The lowest BCUT2D eigenvalue weighted by Crippen LogP contribution is -2.10. The van der Waals surface area contributed by atoms with Gasteiger partial charge in [-0.05, 0) is 53.2 Å². The van der Waals surface area contributed by atoms with Gasteiger partial charge < -0.3 is 9.47 Å². The summed E-state index contributed by atoms with van der Waals surface area (Å²) in [5, 5.41) is 0.360. The van der Waals surface area contributed by atoms with Crippen molar-refractivity contribution in [3.63, 3.8) is 0 Å². The van der Waals surface area contributed by atoms with Gasteiger partial charge in [-0.25, -0.2) is 4.79 Å². The zero-order chi connectivity index (χ0) is 17.0. The molecule has 2 rings (SSSR count). The molecule has 0 heterocycles. The Bertz CT molecular complexity index is 762. The predicted molar refractivity (Wildman–Crippen MR) is 92.1 cm³/mol. The molecule has 0 saturated heterocycles. The Morgan fingerprint density at radius 2 is 2.00 bits per heavy atom. The fourth-order valence-corrected chi connectivity index (χ4v) is 2.87. The third kappa shape index (κ3) is 4.25. The van der Waals surface area contributed by atoms with Crippen LogP contribution in [0.5, 0.6) is 11.5 Å². The zero-order valence-corrected chi connectivity index (χ0v) is 15.0. The molecule has 2 aromatic carbocycles. The van der Waals surface area contributed by atoms with Gasteiger partial charge in [0.2, 0.25) is 0 Å². The number of hydrogen-bond donors (Lipinski definition) is 0. The van der Waals surface area contributed by atoms with Crippen molar-refractivity contribution in [1.29, 1.82) is 0 Å². The third-order valence-corrected chi connectivity index (χ3v) is 3.94. The van der Waals surface area contributed by atoms with Gasteiger partial charge >= 0.3 is 5.97 Å². The topological polar surface area (TPSA) is 52.6 Å². The molecule has 0 unspecified atom stereocenters. The molecule has 0 spiro atoms. The second-order valence-corrected chi connectivity index (χ2v) is 6.09. The van der Waals surface area contributed by atoms with Crippen LogP contribution in [0.2, 0.25) is 10.0 Å². The molecule has 7 heteroatoms. The first kappa shape index (κ1) is 17.8. The number of carbonyl (C=O) groups is 2. The molecule has 0 aliphatic heterocycles. The van der Waals surface area contributed by atoms with E-state index in [0.717, 1.165) is 0 Å². The van der Waals surface area contributed by atoms with E-state index in [-0.39, 0.29) is 26.9 Å². The van der Waals surface area contributed by atoms with Crippen LogP contribution in [-0.4, -0.2) is 18.9 Å². The Kier molecular flexibility index (Phi) is 6.04. The van der Waals surface area contributed by atoms with E-state index in [1.807, 2.05) is 6.92 Å². The van der Waals surface area contributed by atoms with Crippen molar-refractivity contribution < 1.29 is 19.1 Å². The van der Waals surface area contributed by atoms with E-state index in [4.69, 9.17) is 32.7 Å². The predicted octanol–water partition coefficient (Wildman–Crippen LogP) is 5.19. The Labute approximate surface area is 151 Å². The van der Waals surface area contributed by atoms with Crippen LogP contribution in [0, 0.1) is 0 Å². The van der Waals surface area contributed by atoms with E-state index in [9.17, 15) is 9.59 Å². The molecule has 4 nitrogen and oxygen atoms in total. The summed E-state index contributed by atoms with van der Waals surface area (Å²) in [6.07, 6.45) is 0.522. The minimum atomic E-state index is -0.652. The maximum absolute atomic E-state index is 12.2. The second kappa shape index (κ2) is 7.81. The van der Waals surface area contributed by atoms with Crippen LogP contribution in [0.1, 0.15) is 27.6 Å². The first-order chi connectivity index (χ1) is 11.0. The summed E-state index contributed by atoms with van der Waals surface area (Å²) >= 11 is 15.1. The summed E-state index contributed by atoms with van der Waals surface area (Å²) in [5.41, 5.74) is 0.379. The van der Waals surface area contributed by atoms with Gasteiger partial charge in [0.05, 0.1) is 27.2 Å². The molecule has 0 amide bonds. The number of esters is 1. The van der Waals surface area contributed by atoms with Gasteiger partial charge in [-0.3, -0.25) is 4.79 Å². The number of benzene rings is 2. The fraction of sp³-hybridized carbons (Fsp3) is 0.125. The van der Waals surface area contributed by atoms with Crippen molar-refractivity contribution in [2.75, 3.05) is 6.61 Å². The lowest BCUT2D eigenvalue weighted by atomic mass is 10.2. The molecule has 0 aromatic heterocycles. The minimum absolute atomic E-state index is 0.0268. The summed E-state index contributed by atoms with van der Waals surface area (Å²) in [6.45, 7) is 2.36. The minimum Gasteiger partial charge on any atom is -0.493 e. The van der Waals surface area contributed by atoms with Gasteiger partial charge in [-0.15, -0.1) is 0 Å². The van der Waals surface area contributed by atoms with E-state index in [2.05, 4.69) is 15.9 Å². The number of carbonyl (C=O) groups excluding carboxylic acids is 2. The summed E-state index contributed by atoms with van der Waals surface area (Å²) < 4.78 is 11.2. The number of hydrogen-bond acceptors (Lipinski definition) is 4. The maximum atomic E-state index is 12.2. The molecule has 0 aliphatic carbocycles. The van der Waals surface area contributed by atoms with Crippen LogP contribution in [0.15, 0.2) is 34.8 Å². The fourth-order valence-electron chi connectivity index (χ4n) is 1.83. The number of ether oxygens (including phenoxy) is 2. The zero-order valence-electron chi connectivity index (χ0n) is 11.9. The van der Waals surface area contributed by atoms with E-state index in [0.29, 0.717) is 23.1 Å². The van der Waals surface area contributed by atoms with Gasteiger partial charge in [-0.2, -0.15) is 0 Å². The van der Waals surface area contributed by atoms with Crippen LogP contribution in [0.4, 0.5) is 0 Å². The summed E-state index contributed by atoms with van der Waals surface area (Å²) in [5.74, 6) is -0.0655. The maximum Gasteiger partial charge on any atom is 0.343 e. The normalized spacial score (nSPS) is 10.3. The molecule has 0 N–H and O–H groups in total. The van der Waals surface area contributed by atoms with Crippen molar-refractivity contribution in [1.82, 2.24) is 0 Å². The van der Waals surface area contributed by atoms with E-state index >= 15 is 0 Å². The van der Waals surface area contributed by atoms with E-state index < -0.39 is 5.97 Å². The van der Waals surface area contributed by atoms with Crippen molar-refractivity contribution in [3.05, 3.63) is 56.0 Å². The molecular weight excluding hydrogens is 407 g/mol. The highest BCUT2D eigenvalue weighted by Crippen LogP contribution is 2.33. The summed E-state index contributed by atoms with van der Waals surface area (Å²) in [7, 11) is 0. The van der Waals surface area contributed by atoms with Crippen LogP contribution in [0.25, 0.3) is 0 Å². The second-order valence-electron chi connectivity index (χ2n) is 4.39. The van der Waals surface area contributed by atoms with Gasteiger partial charge in [0.25, 0.3) is 0 Å². The van der Waals surface area contributed by atoms with Crippen LogP contribution in [0.3, 0.4) is 0 Å². The largest absolute Gasteiger partial charge is 0.493 e. The van der Waals surface area contributed by atoms with Crippen molar-refractivity contribution in [2.45, 2.75) is 6.92 Å². The van der Waals surface area contributed by atoms with Crippen LogP contribution < -0.4 is 9.47 Å². The monoisotopic (exact) mass is 416 g/mol. The van der Waals surface area contributed by atoms with Gasteiger partial charge in [0.1, 0.15) is 5.75 Å². The lowest BCUT2D eigenvalue weighted by molar-refractivity contribution is 0.0733.